The molecular formula is C19H14ClN3O. The van der Waals surface area contributed by atoms with Gasteiger partial charge in [0.05, 0.1) is 29.3 Å². The maximum Gasteiger partial charge on any atom is 0.261 e. The second-order valence-electron chi connectivity index (χ2n) is 5.77. The highest BCUT2D eigenvalue weighted by Crippen LogP contribution is 2.23. The van der Waals surface area contributed by atoms with Crippen LogP contribution < -0.4 is 5.56 Å². The van der Waals surface area contributed by atoms with Gasteiger partial charge in [0.25, 0.3) is 5.56 Å². The molecule has 0 unspecified atom stereocenters. The molecule has 2 aromatic heterocycles. The summed E-state index contributed by atoms with van der Waals surface area (Å²) in [5.74, 6) is 0. The van der Waals surface area contributed by atoms with Crippen LogP contribution in [0.5, 0.6) is 0 Å². The molecule has 0 aliphatic heterocycles. The monoisotopic (exact) mass is 335 g/mol. The van der Waals surface area contributed by atoms with Gasteiger partial charge in [0.2, 0.25) is 0 Å². The lowest BCUT2D eigenvalue weighted by Gasteiger charge is -2.10. The standard InChI is InChI=1S/C19H14ClN3O/c1-12-5-4-8-17-15(12)9-13(18(20)22-17)10-23-11-21-16-7-3-2-6-14(16)19(23)24/h2-9,11H,10H2,1H3. The number of halogens is 1. The second kappa shape index (κ2) is 5.73. The van der Waals surface area contributed by atoms with E-state index in [1.54, 1.807) is 17.0 Å². The fraction of sp³-hybridized carbons (Fsp3) is 0.105. The topological polar surface area (TPSA) is 47.8 Å². The molecule has 24 heavy (non-hydrogen) atoms. The van der Waals surface area contributed by atoms with E-state index < -0.39 is 0 Å². The predicted molar refractivity (Wildman–Crippen MR) is 96.6 cm³/mol. The van der Waals surface area contributed by atoms with Crippen molar-refractivity contribution in [2.24, 2.45) is 0 Å². The summed E-state index contributed by atoms with van der Waals surface area (Å²) in [4.78, 5) is 21.4. The van der Waals surface area contributed by atoms with Gasteiger partial charge in [-0.05, 0) is 36.8 Å². The highest BCUT2D eigenvalue weighted by atomic mass is 35.5. The number of para-hydroxylation sites is 1. The molecule has 5 heteroatoms. The van der Waals surface area contributed by atoms with E-state index in [9.17, 15) is 4.79 Å². The van der Waals surface area contributed by atoms with E-state index in [0.29, 0.717) is 22.6 Å². The molecule has 4 nitrogen and oxygen atoms in total. The number of benzene rings is 2. The summed E-state index contributed by atoms with van der Waals surface area (Å²) in [6, 6.07) is 15.2. The zero-order valence-electron chi connectivity index (χ0n) is 13.0. The number of hydrogen-bond donors (Lipinski definition) is 0. The van der Waals surface area contributed by atoms with E-state index in [1.165, 1.54) is 0 Å². The molecule has 0 N–H and O–H groups in total. The Kier molecular flexibility index (Phi) is 3.54. The molecule has 0 bridgehead atoms. The first-order valence-electron chi connectivity index (χ1n) is 7.62. The lowest BCUT2D eigenvalue weighted by atomic mass is 10.1. The van der Waals surface area contributed by atoms with Gasteiger partial charge in [-0.15, -0.1) is 0 Å². The number of pyridine rings is 1. The number of rotatable bonds is 2. The lowest BCUT2D eigenvalue weighted by molar-refractivity contribution is 0.747. The summed E-state index contributed by atoms with van der Waals surface area (Å²) in [7, 11) is 0. The minimum atomic E-state index is -0.0819. The third kappa shape index (κ3) is 2.45. The molecule has 4 aromatic rings. The van der Waals surface area contributed by atoms with E-state index in [1.807, 2.05) is 49.4 Å². The van der Waals surface area contributed by atoms with Gasteiger partial charge in [0, 0.05) is 10.9 Å². The fourth-order valence-electron chi connectivity index (χ4n) is 2.87. The summed E-state index contributed by atoms with van der Waals surface area (Å²) >= 11 is 6.33. The Hall–Kier alpha value is -2.72. The zero-order chi connectivity index (χ0) is 16.7. The molecule has 0 fully saturated rings. The van der Waals surface area contributed by atoms with E-state index in [2.05, 4.69) is 9.97 Å². The maximum absolute atomic E-state index is 12.6. The van der Waals surface area contributed by atoms with Gasteiger partial charge < -0.3 is 0 Å². The number of aromatic nitrogens is 3. The van der Waals surface area contributed by atoms with E-state index in [4.69, 9.17) is 11.6 Å². The predicted octanol–water partition coefficient (Wildman–Crippen LogP) is 3.95. The molecular weight excluding hydrogens is 322 g/mol. The molecule has 2 aromatic carbocycles. The molecule has 0 aliphatic carbocycles. The van der Waals surface area contributed by atoms with Crippen molar-refractivity contribution >= 4 is 33.4 Å². The van der Waals surface area contributed by atoms with Gasteiger partial charge in [-0.1, -0.05) is 35.9 Å². The van der Waals surface area contributed by atoms with Crippen LogP contribution in [0.1, 0.15) is 11.1 Å². The van der Waals surface area contributed by atoms with Crippen molar-refractivity contribution in [3.05, 3.63) is 81.5 Å². The van der Waals surface area contributed by atoms with Crippen LogP contribution >= 0.6 is 11.6 Å². The van der Waals surface area contributed by atoms with Gasteiger partial charge in [0.1, 0.15) is 5.15 Å². The summed E-state index contributed by atoms with van der Waals surface area (Å²) in [6.45, 7) is 2.37. The zero-order valence-corrected chi connectivity index (χ0v) is 13.8. The summed E-state index contributed by atoms with van der Waals surface area (Å²) in [5.41, 5.74) is 3.39. The quantitative estimate of drug-likeness (QED) is 0.521. The first kappa shape index (κ1) is 14.8. The van der Waals surface area contributed by atoms with Gasteiger partial charge >= 0.3 is 0 Å². The minimum absolute atomic E-state index is 0.0819. The van der Waals surface area contributed by atoms with Crippen LogP contribution in [-0.2, 0) is 6.54 Å². The van der Waals surface area contributed by atoms with Crippen LogP contribution in [0.4, 0.5) is 0 Å². The number of aryl methyl sites for hydroxylation is 1. The number of nitrogens with zero attached hydrogens (tertiary/aromatic N) is 3. The Morgan fingerprint density at radius 1 is 1.04 bits per heavy atom. The van der Waals surface area contributed by atoms with Crippen molar-refractivity contribution in [2.75, 3.05) is 0 Å². The molecule has 0 aliphatic rings. The van der Waals surface area contributed by atoms with Gasteiger partial charge in [-0.25, -0.2) is 9.97 Å². The third-order valence-corrected chi connectivity index (χ3v) is 4.50. The largest absolute Gasteiger partial charge is 0.294 e. The first-order valence-corrected chi connectivity index (χ1v) is 8.00. The van der Waals surface area contributed by atoms with E-state index in [-0.39, 0.29) is 5.56 Å². The van der Waals surface area contributed by atoms with Gasteiger partial charge in [-0.3, -0.25) is 9.36 Å². The molecule has 118 valence electrons. The van der Waals surface area contributed by atoms with Crippen molar-refractivity contribution in [1.82, 2.24) is 14.5 Å². The highest BCUT2D eigenvalue weighted by molar-refractivity contribution is 6.30. The van der Waals surface area contributed by atoms with E-state index >= 15 is 0 Å². The third-order valence-electron chi connectivity index (χ3n) is 4.18. The molecule has 0 radical (unpaired) electrons. The van der Waals surface area contributed by atoms with Crippen LogP contribution in [0.2, 0.25) is 5.15 Å². The van der Waals surface area contributed by atoms with Crippen molar-refractivity contribution in [3.8, 4) is 0 Å². The normalized spacial score (nSPS) is 11.2. The average molecular weight is 336 g/mol. The molecule has 0 atom stereocenters. The Morgan fingerprint density at radius 3 is 2.71 bits per heavy atom. The van der Waals surface area contributed by atoms with Crippen molar-refractivity contribution in [2.45, 2.75) is 13.5 Å². The van der Waals surface area contributed by atoms with Crippen molar-refractivity contribution in [3.63, 3.8) is 0 Å². The average Bonchev–Trinajstić information content (AvgIpc) is 2.59. The summed E-state index contributed by atoms with van der Waals surface area (Å²) in [6.07, 6.45) is 1.56. The number of fused-ring (bicyclic) bond motifs is 2. The van der Waals surface area contributed by atoms with Crippen LogP contribution in [0.3, 0.4) is 0 Å². The Bertz CT molecular complexity index is 1130. The van der Waals surface area contributed by atoms with Crippen LogP contribution in [0.25, 0.3) is 21.8 Å². The molecule has 2 heterocycles. The Morgan fingerprint density at radius 2 is 1.83 bits per heavy atom. The smallest absolute Gasteiger partial charge is 0.261 e. The Labute approximate surface area is 143 Å². The minimum Gasteiger partial charge on any atom is -0.294 e. The second-order valence-corrected chi connectivity index (χ2v) is 6.13. The van der Waals surface area contributed by atoms with Gasteiger partial charge in [-0.2, -0.15) is 0 Å². The van der Waals surface area contributed by atoms with Crippen molar-refractivity contribution in [1.29, 1.82) is 0 Å². The first-order chi connectivity index (χ1) is 11.6. The van der Waals surface area contributed by atoms with Crippen LogP contribution in [-0.4, -0.2) is 14.5 Å². The SMILES string of the molecule is Cc1cccc2nc(Cl)c(Cn3cnc4ccccc4c3=O)cc12. The molecule has 0 amide bonds. The Balaban J connectivity index is 1.85. The highest BCUT2D eigenvalue weighted by Gasteiger charge is 2.10. The maximum atomic E-state index is 12.6. The number of hydrogen-bond acceptors (Lipinski definition) is 3. The van der Waals surface area contributed by atoms with Crippen molar-refractivity contribution < 1.29 is 0 Å². The molecule has 0 saturated carbocycles. The van der Waals surface area contributed by atoms with Crippen LogP contribution in [0, 0.1) is 6.92 Å². The fourth-order valence-corrected chi connectivity index (χ4v) is 3.08. The molecule has 0 saturated heterocycles. The van der Waals surface area contributed by atoms with Crippen LogP contribution in [0.15, 0.2) is 59.7 Å². The van der Waals surface area contributed by atoms with E-state index in [0.717, 1.165) is 22.0 Å². The lowest BCUT2D eigenvalue weighted by Crippen LogP contribution is -2.21. The summed E-state index contributed by atoms with van der Waals surface area (Å²) in [5, 5.41) is 2.05. The molecule has 4 rings (SSSR count). The van der Waals surface area contributed by atoms with Gasteiger partial charge in [0.15, 0.2) is 0 Å². The molecule has 0 spiro atoms. The summed E-state index contributed by atoms with van der Waals surface area (Å²) < 4.78 is 1.56.